The van der Waals surface area contributed by atoms with Gasteiger partial charge in [0.1, 0.15) is 0 Å². The van der Waals surface area contributed by atoms with Crippen LogP contribution in [0.25, 0.3) is 0 Å². The van der Waals surface area contributed by atoms with E-state index in [4.69, 9.17) is 10.8 Å². The minimum Gasteiger partial charge on any atom is -0.479 e. The molecule has 84 valence electrons. The molecule has 1 rings (SSSR count). The third-order valence-electron chi connectivity index (χ3n) is 1.81. The van der Waals surface area contributed by atoms with Gasteiger partial charge in [0.15, 0.2) is 10.8 Å². The molecule has 0 spiro atoms. The van der Waals surface area contributed by atoms with Gasteiger partial charge in [0.05, 0.1) is 0 Å². The van der Waals surface area contributed by atoms with Gasteiger partial charge in [0, 0.05) is 12.8 Å². The van der Waals surface area contributed by atoms with Gasteiger partial charge in [-0.1, -0.05) is 11.8 Å². The molecular weight excluding hydrogens is 220 g/mol. The van der Waals surface area contributed by atoms with E-state index in [9.17, 15) is 9.90 Å². The number of aliphatic carboxylic acids is 1. The average molecular weight is 232 g/mol. The number of carboxylic acids is 1. The SMILES string of the molecule is Cn1c(N)nnc1SCC(C)(O)C(=O)O. The summed E-state index contributed by atoms with van der Waals surface area (Å²) >= 11 is 1.08. The maximum Gasteiger partial charge on any atom is 0.336 e. The van der Waals surface area contributed by atoms with Crippen molar-refractivity contribution in [2.24, 2.45) is 7.05 Å². The molecule has 0 saturated heterocycles. The van der Waals surface area contributed by atoms with Crippen molar-refractivity contribution < 1.29 is 15.0 Å². The van der Waals surface area contributed by atoms with E-state index < -0.39 is 11.6 Å². The molecular formula is C7H12N4O3S. The summed E-state index contributed by atoms with van der Waals surface area (Å²) in [7, 11) is 1.66. The molecule has 15 heavy (non-hydrogen) atoms. The molecule has 0 aliphatic heterocycles. The Morgan fingerprint density at radius 2 is 2.27 bits per heavy atom. The van der Waals surface area contributed by atoms with Crippen LogP contribution in [0.5, 0.6) is 0 Å². The summed E-state index contributed by atoms with van der Waals surface area (Å²) in [6.07, 6.45) is 0. The highest BCUT2D eigenvalue weighted by molar-refractivity contribution is 7.99. The van der Waals surface area contributed by atoms with Crippen LogP contribution in [0.1, 0.15) is 6.92 Å². The van der Waals surface area contributed by atoms with Crippen LogP contribution in [0.3, 0.4) is 0 Å². The fraction of sp³-hybridized carbons (Fsp3) is 0.571. The van der Waals surface area contributed by atoms with Gasteiger partial charge in [-0.3, -0.25) is 4.57 Å². The number of hydrogen-bond donors (Lipinski definition) is 3. The fourth-order valence-corrected chi connectivity index (χ4v) is 1.64. The largest absolute Gasteiger partial charge is 0.479 e. The summed E-state index contributed by atoms with van der Waals surface area (Å²) in [5.74, 6) is -1.05. The van der Waals surface area contributed by atoms with Crippen molar-refractivity contribution >= 4 is 23.7 Å². The molecule has 1 aromatic heterocycles. The lowest BCUT2D eigenvalue weighted by Gasteiger charge is -2.16. The summed E-state index contributed by atoms with van der Waals surface area (Å²) in [6, 6.07) is 0. The zero-order valence-electron chi connectivity index (χ0n) is 8.34. The van der Waals surface area contributed by atoms with Gasteiger partial charge >= 0.3 is 5.97 Å². The van der Waals surface area contributed by atoms with Gasteiger partial charge in [-0.25, -0.2) is 4.79 Å². The minimum atomic E-state index is -1.79. The molecule has 0 saturated carbocycles. The van der Waals surface area contributed by atoms with Crippen LogP contribution >= 0.6 is 11.8 Å². The number of hydrogen-bond acceptors (Lipinski definition) is 6. The van der Waals surface area contributed by atoms with E-state index in [-0.39, 0.29) is 11.7 Å². The molecule has 0 aliphatic rings. The van der Waals surface area contributed by atoms with Crippen molar-refractivity contribution in [1.82, 2.24) is 14.8 Å². The highest BCUT2D eigenvalue weighted by atomic mass is 32.2. The third kappa shape index (κ3) is 2.60. The molecule has 0 radical (unpaired) electrons. The number of nitrogens with zero attached hydrogens (tertiary/aromatic N) is 3. The van der Waals surface area contributed by atoms with Gasteiger partial charge in [-0.2, -0.15) is 0 Å². The number of rotatable bonds is 4. The molecule has 0 amide bonds. The molecule has 7 nitrogen and oxygen atoms in total. The summed E-state index contributed by atoms with van der Waals surface area (Å²) in [5.41, 5.74) is 3.65. The van der Waals surface area contributed by atoms with Crippen molar-refractivity contribution in [3.05, 3.63) is 0 Å². The monoisotopic (exact) mass is 232 g/mol. The van der Waals surface area contributed by atoms with E-state index in [2.05, 4.69) is 10.2 Å². The summed E-state index contributed by atoms with van der Waals surface area (Å²) in [5, 5.41) is 25.9. The maximum absolute atomic E-state index is 10.6. The average Bonchev–Trinajstić information content (AvgIpc) is 2.45. The predicted octanol–water partition coefficient (Wildman–Crippen LogP) is -0.675. The quantitative estimate of drug-likeness (QED) is 0.589. The lowest BCUT2D eigenvalue weighted by Crippen LogP contribution is -2.37. The van der Waals surface area contributed by atoms with E-state index in [1.165, 1.54) is 11.5 Å². The molecule has 0 fully saturated rings. The predicted molar refractivity (Wildman–Crippen MR) is 54.4 cm³/mol. The Hall–Kier alpha value is -1.28. The molecule has 0 aromatic carbocycles. The summed E-state index contributed by atoms with van der Waals surface area (Å²) < 4.78 is 1.52. The molecule has 0 aliphatic carbocycles. The normalized spacial score (nSPS) is 14.9. The maximum atomic E-state index is 10.6. The van der Waals surface area contributed by atoms with Gasteiger partial charge in [0.25, 0.3) is 0 Å². The van der Waals surface area contributed by atoms with E-state index in [0.29, 0.717) is 5.16 Å². The van der Waals surface area contributed by atoms with E-state index in [1.807, 2.05) is 0 Å². The Bertz CT molecular complexity index is 376. The number of nitrogen functional groups attached to an aromatic ring is 1. The van der Waals surface area contributed by atoms with Crippen molar-refractivity contribution in [3.63, 3.8) is 0 Å². The van der Waals surface area contributed by atoms with E-state index >= 15 is 0 Å². The number of anilines is 1. The van der Waals surface area contributed by atoms with E-state index in [0.717, 1.165) is 11.8 Å². The Kier molecular flexibility index (Phi) is 3.20. The second-order valence-electron chi connectivity index (χ2n) is 3.27. The number of nitrogens with two attached hydrogens (primary N) is 1. The standard InChI is InChI=1S/C7H12N4O3S/c1-7(14,4(12)13)3-15-6-10-9-5(8)11(6)2/h14H,3H2,1-2H3,(H2,8,9)(H,12,13). The second-order valence-corrected chi connectivity index (χ2v) is 4.21. The van der Waals surface area contributed by atoms with Crippen LogP contribution in [0.4, 0.5) is 5.95 Å². The smallest absolute Gasteiger partial charge is 0.336 e. The fourth-order valence-electron chi connectivity index (χ4n) is 0.719. The molecule has 1 heterocycles. The highest BCUT2D eigenvalue weighted by Crippen LogP contribution is 2.21. The molecule has 4 N–H and O–H groups in total. The van der Waals surface area contributed by atoms with Crippen LogP contribution < -0.4 is 5.73 Å². The van der Waals surface area contributed by atoms with Crippen LogP contribution in [-0.2, 0) is 11.8 Å². The van der Waals surface area contributed by atoms with Gasteiger partial charge in [-0.15, -0.1) is 10.2 Å². The summed E-state index contributed by atoms with van der Waals surface area (Å²) in [6.45, 7) is 1.22. The highest BCUT2D eigenvalue weighted by Gasteiger charge is 2.30. The van der Waals surface area contributed by atoms with Crippen LogP contribution in [0, 0.1) is 0 Å². The lowest BCUT2D eigenvalue weighted by molar-refractivity contribution is -0.154. The topological polar surface area (TPSA) is 114 Å². The van der Waals surface area contributed by atoms with Crippen molar-refractivity contribution in [2.45, 2.75) is 17.7 Å². The van der Waals surface area contributed by atoms with Crippen molar-refractivity contribution in [3.8, 4) is 0 Å². The lowest BCUT2D eigenvalue weighted by atomic mass is 10.1. The number of thioether (sulfide) groups is 1. The Balaban J connectivity index is 2.65. The summed E-state index contributed by atoms with van der Waals surface area (Å²) in [4.78, 5) is 10.6. The first-order valence-corrected chi connectivity index (χ1v) is 5.06. The van der Waals surface area contributed by atoms with Crippen molar-refractivity contribution in [2.75, 3.05) is 11.5 Å². The molecule has 1 aromatic rings. The number of carbonyl (C=O) groups is 1. The second kappa shape index (κ2) is 4.07. The van der Waals surface area contributed by atoms with Gasteiger partial charge < -0.3 is 15.9 Å². The Morgan fingerprint density at radius 3 is 2.67 bits per heavy atom. The zero-order chi connectivity index (χ0) is 11.6. The first-order chi connectivity index (χ1) is 6.84. The molecule has 8 heteroatoms. The third-order valence-corrected chi connectivity index (χ3v) is 3.13. The minimum absolute atomic E-state index is 0.0195. The van der Waals surface area contributed by atoms with E-state index in [1.54, 1.807) is 7.05 Å². The molecule has 1 unspecified atom stereocenters. The van der Waals surface area contributed by atoms with Crippen LogP contribution in [-0.4, -0.2) is 42.3 Å². The number of carboxylic acid groups (broad SMARTS) is 1. The number of aromatic nitrogens is 3. The van der Waals surface area contributed by atoms with Gasteiger partial charge in [0.2, 0.25) is 5.95 Å². The van der Waals surface area contributed by atoms with Gasteiger partial charge in [-0.05, 0) is 6.92 Å². The number of aliphatic hydroxyl groups is 1. The zero-order valence-corrected chi connectivity index (χ0v) is 9.15. The van der Waals surface area contributed by atoms with Crippen LogP contribution in [0.2, 0.25) is 0 Å². The Labute approximate surface area is 90.3 Å². The first-order valence-electron chi connectivity index (χ1n) is 4.08. The molecule has 0 bridgehead atoms. The Morgan fingerprint density at radius 1 is 1.67 bits per heavy atom. The van der Waals surface area contributed by atoms with Crippen LogP contribution in [0.15, 0.2) is 5.16 Å². The van der Waals surface area contributed by atoms with Crippen molar-refractivity contribution in [1.29, 1.82) is 0 Å². The molecule has 1 atom stereocenters. The first kappa shape index (κ1) is 11.8.